The number of aromatic nitrogens is 2. The Labute approximate surface area is 102 Å². The van der Waals surface area contributed by atoms with Crippen molar-refractivity contribution >= 4 is 11.6 Å². The Morgan fingerprint density at radius 3 is 2.88 bits per heavy atom. The highest BCUT2D eigenvalue weighted by Gasteiger charge is 2.28. The number of nitrogens with one attached hydrogen (secondary N) is 1. The molecule has 1 fully saturated rings. The Kier molecular flexibility index (Phi) is 3.47. The highest BCUT2D eigenvalue weighted by Crippen LogP contribution is 2.29. The number of hydrogen-bond donors (Lipinski definition) is 2. The molecule has 0 bridgehead atoms. The predicted molar refractivity (Wildman–Crippen MR) is 69.8 cm³/mol. The summed E-state index contributed by atoms with van der Waals surface area (Å²) in [4.78, 5) is 11.1. The summed E-state index contributed by atoms with van der Waals surface area (Å²) >= 11 is 0. The highest BCUT2D eigenvalue weighted by atomic mass is 15.3. The van der Waals surface area contributed by atoms with E-state index in [1.54, 1.807) is 0 Å². The van der Waals surface area contributed by atoms with Crippen LogP contribution in [0.2, 0.25) is 0 Å². The number of nitrogens with two attached hydrogens (primary N) is 1. The van der Waals surface area contributed by atoms with Gasteiger partial charge in [0.25, 0.3) is 0 Å². The maximum absolute atomic E-state index is 5.42. The largest absolute Gasteiger partial charge is 0.353 e. The van der Waals surface area contributed by atoms with Crippen molar-refractivity contribution in [2.45, 2.75) is 39.7 Å². The van der Waals surface area contributed by atoms with E-state index in [0.717, 1.165) is 18.2 Å². The summed E-state index contributed by atoms with van der Waals surface area (Å²) in [7, 11) is 0. The Morgan fingerprint density at radius 2 is 2.24 bits per heavy atom. The summed E-state index contributed by atoms with van der Waals surface area (Å²) in [6.45, 7) is 7.49. The van der Waals surface area contributed by atoms with Crippen molar-refractivity contribution in [1.29, 1.82) is 0 Å². The van der Waals surface area contributed by atoms with Gasteiger partial charge in [0.1, 0.15) is 17.5 Å². The van der Waals surface area contributed by atoms with Crippen LogP contribution in [-0.4, -0.2) is 22.6 Å². The summed E-state index contributed by atoms with van der Waals surface area (Å²) in [6.07, 6.45) is 2.48. The standard InChI is InChI=1S/C12H21N5/c1-8(2)10-5-4-6-17(10)12-7-11(16-13)14-9(3)15-12/h7-8,10H,4-6,13H2,1-3H3,(H,14,15,16). The molecule has 5 nitrogen and oxygen atoms in total. The molecule has 0 spiro atoms. The maximum atomic E-state index is 5.42. The molecule has 17 heavy (non-hydrogen) atoms. The van der Waals surface area contributed by atoms with Crippen molar-refractivity contribution in [3.8, 4) is 0 Å². The molecule has 5 heteroatoms. The van der Waals surface area contributed by atoms with E-state index in [1.807, 2.05) is 13.0 Å². The minimum Gasteiger partial charge on any atom is -0.353 e. The molecule has 1 saturated heterocycles. The fourth-order valence-electron chi connectivity index (χ4n) is 2.54. The smallest absolute Gasteiger partial charge is 0.145 e. The molecular weight excluding hydrogens is 214 g/mol. The zero-order chi connectivity index (χ0) is 12.4. The van der Waals surface area contributed by atoms with Gasteiger partial charge in [0.15, 0.2) is 0 Å². The van der Waals surface area contributed by atoms with Crippen molar-refractivity contribution in [2.24, 2.45) is 11.8 Å². The monoisotopic (exact) mass is 235 g/mol. The molecule has 1 aliphatic rings. The second-order valence-electron chi connectivity index (χ2n) is 4.95. The summed E-state index contributed by atoms with van der Waals surface area (Å²) < 4.78 is 0. The first-order valence-corrected chi connectivity index (χ1v) is 6.20. The lowest BCUT2D eigenvalue weighted by atomic mass is 10.0. The minimum atomic E-state index is 0.579. The summed E-state index contributed by atoms with van der Waals surface area (Å²) in [5.74, 6) is 8.49. The van der Waals surface area contributed by atoms with Gasteiger partial charge in [-0.25, -0.2) is 15.8 Å². The number of hydrazine groups is 1. The number of rotatable bonds is 3. The van der Waals surface area contributed by atoms with Crippen molar-refractivity contribution in [2.75, 3.05) is 16.9 Å². The molecule has 94 valence electrons. The average Bonchev–Trinajstić information content (AvgIpc) is 2.77. The Balaban J connectivity index is 2.29. The number of nitrogen functional groups attached to an aromatic ring is 1. The second kappa shape index (κ2) is 4.87. The molecule has 1 aliphatic heterocycles. The van der Waals surface area contributed by atoms with Crippen LogP contribution in [0.25, 0.3) is 0 Å². The quantitative estimate of drug-likeness (QED) is 0.616. The molecule has 1 atom stereocenters. The first-order chi connectivity index (χ1) is 8.11. The van der Waals surface area contributed by atoms with E-state index in [-0.39, 0.29) is 0 Å². The average molecular weight is 235 g/mol. The maximum Gasteiger partial charge on any atom is 0.145 e. The predicted octanol–water partition coefficient (Wildman–Crippen LogP) is 1.70. The third-order valence-electron chi connectivity index (χ3n) is 3.34. The molecule has 2 rings (SSSR count). The number of aryl methyl sites for hydroxylation is 1. The van der Waals surface area contributed by atoms with Gasteiger partial charge in [0.05, 0.1) is 0 Å². The van der Waals surface area contributed by atoms with Gasteiger partial charge in [-0.1, -0.05) is 13.8 Å². The van der Waals surface area contributed by atoms with E-state index in [9.17, 15) is 0 Å². The van der Waals surface area contributed by atoms with Crippen LogP contribution in [0.4, 0.5) is 11.6 Å². The lowest BCUT2D eigenvalue weighted by Crippen LogP contribution is -2.34. The van der Waals surface area contributed by atoms with Crippen LogP contribution >= 0.6 is 0 Å². The Hall–Kier alpha value is -1.36. The molecule has 0 aromatic carbocycles. The number of anilines is 2. The molecule has 0 saturated carbocycles. The van der Waals surface area contributed by atoms with Gasteiger partial charge in [-0.2, -0.15) is 0 Å². The number of nitrogens with zero attached hydrogens (tertiary/aromatic N) is 3. The molecule has 1 aromatic rings. The lowest BCUT2D eigenvalue weighted by molar-refractivity contribution is 0.489. The van der Waals surface area contributed by atoms with Crippen molar-refractivity contribution < 1.29 is 0 Å². The van der Waals surface area contributed by atoms with E-state index in [2.05, 4.69) is 34.1 Å². The lowest BCUT2D eigenvalue weighted by Gasteiger charge is -2.29. The van der Waals surface area contributed by atoms with Gasteiger partial charge in [-0.05, 0) is 25.7 Å². The van der Waals surface area contributed by atoms with Crippen LogP contribution in [-0.2, 0) is 0 Å². The molecule has 0 amide bonds. The van der Waals surface area contributed by atoms with Crippen LogP contribution in [0.3, 0.4) is 0 Å². The molecule has 0 radical (unpaired) electrons. The van der Waals surface area contributed by atoms with Gasteiger partial charge in [0.2, 0.25) is 0 Å². The topological polar surface area (TPSA) is 67.1 Å². The third kappa shape index (κ3) is 2.49. The molecule has 1 aromatic heterocycles. The van der Waals surface area contributed by atoms with E-state index in [0.29, 0.717) is 17.8 Å². The fourth-order valence-corrected chi connectivity index (χ4v) is 2.54. The van der Waals surface area contributed by atoms with Crippen LogP contribution in [0.1, 0.15) is 32.5 Å². The van der Waals surface area contributed by atoms with Crippen molar-refractivity contribution in [1.82, 2.24) is 9.97 Å². The van der Waals surface area contributed by atoms with Crippen LogP contribution in [0.5, 0.6) is 0 Å². The molecule has 1 unspecified atom stereocenters. The Morgan fingerprint density at radius 1 is 1.47 bits per heavy atom. The van der Waals surface area contributed by atoms with Crippen LogP contribution in [0.15, 0.2) is 6.07 Å². The van der Waals surface area contributed by atoms with Gasteiger partial charge in [0, 0.05) is 18.7 Å². The summed E-state index contributed by atoms with van der Waals surface area (Å²) in [5.41, 5.74) is 2.60. The molecular formula is C12H21N5. The molecule has 0 aliphatic carbocycles. The van der Waals surface area contributed by atoms with E-state index >= 15 is 0 Å². The zero-order valence-corrected chi connectivity index (χ0v) is 10.8. The second-order valence-corrected chi connectivity index (χ2v) is 4.95. The SMILES string of the molecule is Cc1nc(NN)cc(N2CCCC2C(C)C)n1. The highest BCUT2D eigenvalue weighted by molar-refractivity contribution is 5.50. The van der Waals surface area contributed by atoms with Crippen molar-refractivity contribution in [3.05, 3.63) is 11.9 Å². The van der Waals surface area contributed by atoms with Crippen LogP contribution in [0, 0.1) is 12.8 Å². The first-order valence-electron chi connectivity index (χ1n) is 6.20. The fraction of sp³-hybridized carbons (Fsp3) is 0.667. The Bertz CT molecular complexity index is 390. The zero-order valence-electron chi connectivity index (χ0n) is 10.8. The van der Waals surface area contributed by atoms with Gasteiger partial charge in [-0.15, -0.1) is 0 Å². The first kappa shape index (κ1) is 12.1. The van der Waals surface area contributed by atoms with Gasteiger partial charge in [-0.3, -0.25) is 0 Å². The van der Waals surface area contributed by atoms with E-state index < -0.39 is 0 Å². The minimum absolute atomic E-state index is 0.579. The summed E-state index contributed by atoms with van der Waals surface area (Å²) in [6, 6.07) is 2.50. The van der Waals surface area contributed by atoms with E-state index in [4.69, 9.17) is 5.84 Å². The van der Waals surface area contributed by atoms with Gasteiger partial charge < -0.3 is 10.3 Å². The third-order valence-corrected chi connectivity index (χ3v) is 3.34. The van der Waals surface area contributed by atoms with Gasteiger partial charge >= 0.3 is 0 Å². The normalized spacial score (nSPS) is 20.1. The number of hydrogen-bond acceptors (Lipinski definition) is 5. The van der Waals surface area contributed by atoms with Crippen molar-refractivity contribution in [3.63, 3.8) is 0 Å². The van der Waals surface area contributed by atoms with Crippen LogP contribution < -0.4 is 16.2 Å². The summed E-state index contributed by atoms with van der Waals surface area (Å²) in [5, 5.41) is 0. The molecule has 2 heterocycles. The van der Waals surface area contributed by atoms with E-state index in [1.165, 1.54) is 12.8 Å². The molecule has 3 N–H and O–H groups in total.